The molecule has 182 valence electrons. The van der Waals surface area contributed by atoms with Crippen LogP contribution < -0.4 is 15.9 Å². The molecule has 9 nitrogen and oxygen atoms in total. The van der Waals surface area contributed by atoms with Crippen LogP contribution in [0.3, 0.4) is 0 Å². The Kier molecular flexibility index (Phi) is 4.95. The lowest BCUT2D eigenvalue weighted by Crippen LogP contribution is -2.52. The van der Waals surface area contributed by atoms with E-state index in [0.29, 0.717) is 19.2 Å². The molecular formula is C23H23F3N8O. The van der Waals surface area contributed by atoms with Crippen LogP contribution in [-0.2, 0) is 25.7 Å². The van der Waals surface area contributed by atoms with Crippen molar-refractivity contribution in [2.75, 3.05) is 23.4 Å². The summed E-state index contributed by atoms with van der Waals surface area (Å²) in [5, 5.41) is 4.38. The minimum Gasteiger partial charge on any atom is -0.325 e. The summed E-state index contributed by atoms with van der Waals surface area (Å²) in [5.41, 5.74) is 4.99. The monoisotopic (exact) mass is 484 g/mol. The molecule has 1 N–H and O–H groups in total. The second-order valence-corrected chi connectivity index (χ2v) is 9.03. The topological polar surface area (TPSA) is 84.1 Å². The second kappa shape index (κ2) is 7.94. The predicted molar refractivity (Wildman–Crippen MR) is 122 cm³/mol. The maximum Gasteiger partial charge on any atom is 0.433 e. The number of hydrogen-bond acceptors (Lipinski definition) is 7. The fourth-order valence-electron chi connectivity index (χ4n) is 5.03. The van der Waals surface area contributed by atoms with Gasteiger partial charge in [0.2, 0.25) is 0 Å². The Labute approximate surface area is 198 Å². The number of hydrogen-bond donors (Lipinski definition) is 1. The summed E-state index contributed by atoms with van der Waals surface area (Å²) in [4.78, 5) is 25.2. The van der Waals surface area contributed by atoms with Gasteiger partial charge in [-0.3, -0.25) is 20.1 Å². The van der Waals surface area contributed by atoms with Crippen molar-refractivity contribution in [3.63, 3.8) is 0 Å². The van der Waals surface area contributed by atoms with Crippen molar-refractivity contribution in [2.45, 2.75) is 45.2 Å². The minimum atomic E-state index is -4.68. The molecule has 3 aliphatic heterocycles. The van der Waals surface area contributed by atoms with Crippen LogP contribution in [0.15, 0.2) is 41.0 Å². The van der Waals surface area contributed by atoms with E-state index >= 15 is 0 Å². The highest BCUT2D eigenvalue weighted by atomic mass is 19.4. The van der Waals surface area contributed by atoms with Gasteiger partial charge < -0.3 is 4.90 Å². The Hall–Kier alpha value is -3.67. The highest BCUT2D eigenvalue weighted by molar-refractivity contribution is 5.61. The van der Waals surface area contributed by atoms with Gasteiger partial charge in [-0.15, -0.1) is 0 Å². The van der Waals surface area contributed by atoms with Gasteiger partial charge in [0.1, 0.15) is 12.0 Å². The van der Waals surface area contributed by atoms with Gasteiger partial charge in [0.15, 0.2) is 11.5 Å². The first-order valence-electron chi connectivity index (χ1n) is 11.5. The van der Waals surface area contributed by atoms with Gasteiger partial charge in [-0.1, -0.05) is 0 Å². The number of pyridine rings is 1. The molecule has 3 aliphatic rings. The third kappa shape index (κ3) is 3.77. The number of alkyl halides is 3. The van der Waals surface area contributed by atoms with Gasteiger partial charge in [0.05, 0.1) is 18.1 Å². The van der Waals surface area contributed by atoms with Gasteiger partial charge >= 0.3 is 6.18 Å². The highest BCUT2D eigenvalue weighted by Gasteiger charge is 2.36. The molecule has 0 radical (unpaired) electrons. The van der Waals surface area contributed by atoms with E-state index < -0.39 is 17.4 Å². The number of aromatic nitrogens is 5. The van der Waals surface area contributed by atoms with Crippen LogP contribution in [0.1, 0.15) is 36.1 Å². The van der Waals surface area contributed by atoms with E-state index in [4.69, 9.17) is 4.98 Å². The molecule has 0 aliphatic carbocycles. The lowest BCUT2D eigenvalue weighted by atomic mass is 10.0. The molecule has 6 rings (SSSR count). The van der Waals surface area contributed by atoms with Crippen LogP contribution in [0.2, 0.25) is 0 Å². The van der Waals surface area contributed by atoms with Crippen molar-refractivity contribution in [2.24, 2.45) is 0 Å². The van der Waals surface area contributed by atoms with Gasteiger partial charge in [0, 0.05) is 50.4 Å². The lowest BCUT2D eigenvalue weighted by molar-refractivity contribution is -0.141. The molecule has 0 saturated heterocycles. The van der Waals surface area contributed by atoms with E-state index in [1.54, 1.807) is 6.20 Å². The Balaban J connectivity index is 1.27. The number of halogens is 3. The maximum atomic E-state index is 13.1. The molecular weight excluding hydrogens is 461 g/mol. The Morgan fingerprint density at radius 1 is 1.17 bits per heavy atom. The zero-order chi connectivity index (χ0) is 24.3. The molecule has 0 spiro atoms. The van der Waals surface area contributed by atoms with Crippen molar-refractivity contribution in [1.29, 1.82) is 0 Å². The molecule has 0 fully saturated rings. The number of anilines is 2. The van der Waals surface area contributed by atoms with Crippen LogP contribution in [0.4, 0.5) is 24.7 Å². The average molecular weight is 484 g/mol. The molecule has 0 aromatic carbocycles. The van der Waals surface area contributed by atoms with Gasteiger partial charge in [0.25, 0.3) is 5.56 Å². The Morgan fingerprint density at radius 2 is 2.03 bits per heavy atom. The van der Waals surface area contributed by atoms with E-state index in [9.17, 15) is 18.0 Å². The zero-order valence-electron chi connectivity index (χ0n) is 19.0. The average Bonchev–Trinajstić information content (AvgIpc) is 3.31. The lowest BCUT2D eigenvalue weighted by Gasteiger charge is -2.39. The molecule has 35 heavy (non-hydrogen) atoms. The molecule has 1 atom stereocenters. The summed E-state index contributed by atoms with van der Waals surface area (Å²) >= 11 is 0. The fourth-order valence-corrected chi connectivity index (χ4v) is 5.03. The van der Waals surface area contributed by atoms with Crippen LogP contribution in [0, 0.1) is 0 Å². The van der Waals surface area contributed by atoms with Crippen molar-refractivity contribution < 1.29 is 13.2 Å². The highest BCUT2D eigenvalue weighted by Crippen LogP contribution is 2.32. The number of nitrogens with one attached hydrogen (secondary N) is 1. The summed E-state index contributed by atoms with van der Waals surface area (Å²) in [7, 11) is 0. The van der Waals surface area contributed by atoms with E-state index in [2.05, 4.69) is 31.4 Å². The predicted octanol–water partition coefficient (Wildman–Crippen LogP) is 2.74. The first-order valence-corrected chi connectivity index (χ1v) is 11.5. The molecule has 1 unspecified atom stereocenters. The summed E-state index contributed by atoms with van der Waals surface area (Å²) in [5.74, 6) is 0.988. The Morgan fingerprint density at radius 3 is 2.86 bits per heavy atom. The van der Waals surface area contributed by atoms with E-state index in [1.165, 1.54) is 6.08 Å². The third-order valence-corrected chi connectivity index (χ3v) is 6.73. The molecule has 3 aromatic heterocycles. The first kappa shape index (κ1) is 21.8. The normalized spacial score (nSPS) is 19.9. The molecule has 6 heterocycles. The molecule has 0 bridgehead atoms. The quantitative estimate of drug-likeness (QED) is 0.599. The number of fused-ring (bicyclic) bond motifs is 3. The largest absolute Gasteiger partial charge is 0.433 e. The number of rotatable bonds is 2. The second-order valence-electron chi connectivity index (χ2n) is 9.03. The number of nitrogens with zero attached hydrogens (tertiary/aromatic N) is 7. The smallest absolute Gasteiger partial charge is 0.325 e. The van der Waals surface area contributed by atoms with E-state index in [-0.39, 0.29) is 12.0 Å². The standard InChI is InChI=1S/C23H23F3N8O/c1-14-9-19-29-18(23(24,25)26)11-21(35)34(19)30-22(14)31-8-4-17-15(13-31)10-16(12-27-17)32-6-2-7-33-20(32)3-5-28-33/h3,5,9-12,22,30H,2,4,6-8,13H2,1H3. The van der Waals surface area contributed by atoms with Crippen LogP contribution >= 0.6 is 0 Å². The van der Waals surface area contributed by atoms with E-state index in [1.807, 2.05) is 23.9 Å². The van der Waals surface area contributed by atoms with Crippen LogP contribution in [-0.4, -0.2) is 48.6 Å². The summed E-state index contributed by atoms with van der Waals surface area (Å²) in [6, 6.07) is 4.67. The van der Waals surface area contributed by atoms with Gasteiger partial charge in [-0.25, -0.2) is 14.3 Å². The van der Waals surface area contributed by atoms with Crippen molar-refractivity contribution in [1.82, 2.24) is 29.3 Å². The van der Waals surface area contributed by atoms with Crippen molar-refractivity contribution >= 4 is 17.6 Å². The summed E-state index contributed by atoms with van der Waals surface area (Å²) in [6.45, 7) is 4.88. The van der Waals surface area contributed by atoms with Crippen molar-refractivity contribution in [3.8, 4) is 0 Å². The number of aryl methyl sites for hydroxylation is 1. The molecule has 0 amide bonds. The molecule has 12 heteroatoms. The van der Waals surface area contributed by atoms with Gasteiger partial charge in [-0.05, 0) is 36.6 Å². The summed E-state index contributed by atoms with van der Waals surface area (Å²) in [6.07, 6.45) is 1.93. The maximum absolute atomic E-state index is 13.1. The molecule has 3 aromatic rings. The van der Waals surface area contributed by atoms with Crippen LogP contribution in [0.5, 0.6) is 0 Å². The first-order chi connectivity index (χ1) is 16.8. The third-order valence-electron chi connectivity index (χ3n) is 6.73. The zero-order valence-corrected chi connectivity index (χ0v) is 19.0. The SMILES string of the molecule is CC1=Cc2nc(C(F)(F)F)cc(=O)n2NC1N1CCc2ncc(N3CCCn4nccc43)cc2C1. The van der Waals surface area contributed by atoms with Crippen LogP contribution in [0.25, 0.3) is 6.08 Å². The fraction of sp³-hybridized carbons (Fsp3) is 0.391. The Bertz CT molecular complexity index is 1390. The van der Waals surface area contributed by atoms with Gasteiger partial charge in [-0.2, -0.15) is 18.3 Å². The van der Waals surface area contributed by atoms with Crippen molar-refractivity contribution in [3.05, 3.63) is 69.3 Å². The molecule has 0 saturated carbocycles. The van der Waals surface area contributed by atoms with E-state index in [0.717, 1.165) is 58.9 Å². The summed E-state index contributed by atoms with van der Waals surface area (Å²) < 4.78 is 42.4. The minimum absolute atomic E-state index is 0.0540.